The molecule has 4 nitrogen and oxygen atoms in total. The van der Waals surface area contributed by atoms with Crippen LogP contribution in [0.2, 0.25) is 10.0 Å². The molecule has 0 saturated carbocycles. The van der Waals surface area contributed by atoms with E-state index in [4.69, 9.17) is 33.0 Å². The number of methoxy groups -OCH3 is 1. The lowest BCUT2D eigenvalue weighted by atomic mass is 9.82. The first-order valence-electron chi connectivity index (χ1n) is 8.05. The molecule has 1 heterocycles. The second-order valence-corrected chi connectivity index (χ2v) is 6.87. The van der Waals surface area contributed by atoms with Crippen LogP contribution >= 0.6 is 23.2 Å². The first-order chi connectivity index (χ1) is 12.4. The van der Waals surface area contributed by atoms with Crippen molar-refractivity contribution in [1.29, 1.82) is 0 Å². The molecule has 1 unspecified atom stereocenters. The quantitative estimate of drug-likeness (QED) is 0.703. The van der Waals surface area contributed by atoms with Crippen molar-refractivity contribution in [1.82, 2.24) is 5.01 Å². The van der Waals surface area contributed by atoms with E-state index in [-0.39, 0.29) is 0 Å². The van der Waals surface area contributed by atoms with Gasteiger partial charge in [0, 0.05) is 28.4 Å². The Morgan fingerprint density at radius 2 is 1.77 bits per heavy atom. The van der Waals surface area contributed by atoms with Crippen LogP contribution in [0.1, 0.15) is 24.0 Å². The normalized spacial score (nSPS) is 17.2. The number of ether oxygens (including phenoxy) is 1. The number of esters is 1. The molecule has 134 valence electrons. The third-order valence-corrected chi connectivity index (χ3v) is 4.87. The maximum atomic E-state index is 12.6. The minimum atomic E-state index is -0.407. The zero-order valence-electron chi connectivity index (χ0n) is 14.7. The summed E-state index contributed by atoms with van der Waals surface area (Å²) < 4.78 is 5.06. The van der Waals surface area contributed by atoms with Gasteiger partial charge < -0.3 is 4.74 Å². The molecule has 0 saturated heterocycles. The lowest BCUT2D eigenvalue weighted by molar-refractivity contribution is -0.136. The highest BCUT2D eigenvalue weighted by Crippen LogP contribution is 2.37. The molecule has 6 heteroatoms. The first-order valence-corrected chi connectivity index (χ1v) is 8.80. The SMILES string of the molecule is COC(=O)C1=C(C)N(C)N=C(c2cccc(Cl)c2)C1c1cccc(Cl)c1. The van der Waals surface area contributed by atoms with E-state index in [0.29, 0.717) is 21.3 Å². The number of allylic oxidation sites excluding steroid dienone is 1. The van der Waals surface area contributed by atoms with Crippen molar-refractivity contribution in [2.45, 2.75) is 12.8 Å². The number of carbonyl (C=O) groups excluding carboxylic acids is 1. The summed E-state index contributed by atoms with van der Waals surface area (Å²) in [6, 6.07) is 14.8. The van der Waals surface area contributed by atoms with Gasteiger partial charge in [-0.2, -0.15) is 5.10 Å². The van der Waals surface area contributed by atoms with Gasteiger partial charge in [-0.1, -0.05) is 47.5 Å². The Morgan fingerprint density at radius 3 is 2.38 bits per heavy atom. The van der Waals surface area contributed by atoms with E-state index < -0.39 is 11.9 Å². The number of hydrogen-bond donors (Lipinski definition) is 0. The monoisotopic (exact) mass is 388 g/mol. The third-order valence-electron chi connectivity index (χ3n) is 4.40. The molecule has 0 fully saturated rings. The van der Waals surface area contributed by atoms with Gasteiger partial charge in [0.05, 0.1) is 24.3 Å². The van der Waals surface area contributed by atoms with Gasteiger partial charge in [0.15, 0.2) is 0 Å². The number of hydrogen-bond acceptors (Lipinski definition) is 4. The fourth-order valence-electron chi connectivity index (χ4n) is 3.07. The molecule has 0 aromatic heterocycles. The summed E-state index contributed by atoms with van der Waals surface area (Å²) in [6.07, 6.45) is 0. The molecule has 3 rings (SSSR count). The van der Waals surface area contributed by atoms with Crippen LogP contribution in [0.5, 0.6) is 0 Å². The number of rotatable bonds is 3. The van der Waals surface area contributed by atoms with Gasteiger partial charge in [-0.15, -0.1) is 0 Å². The summed E-state index contributed by atoms with van der Waals surface area (Å²) in [4.78, 5) is 12.6. The van der Waals surface area contributed by atoms with E-state index >= 15 is 0 Å². The summed E-state index contributed by atoms with van der Waals surface area (Å²) in [7, 11) is 3.18. The maximum Gasteiger partial charge on any atom is 0.336 e. The minimum absolute atomic E-state index is 0.395. The van der Waals surface area contributed by atoms with Gasteiger partial charge in [-0.3, -0.25) is 5.01 Å². The Hall–Kier alpha value is -2.30. The number of halogens is 2. The van der Waals surface area contributed by atoms with E-state index in [9.17, 15) is 4.79 Å². The molecule has 2 aromatic rings. The highest BCUT2D eigenvalue weighted by Gasteiger charge is 2.35. The molecule has 0 spiro atoms. The largest absolute Gasteiger partial charge is 0.466 e. The van der Waals surface area contributed by atoms with Crippen LogP contribution in [0.3, 0.4) is 0 Å². The summed E-state index contributed by atoms with van der Waals surface area (Å²) in [6.45, 7) is 1.85. The van der Waals surface area contributed by atoms with Crippen LogP contribution in [0.4, 0.5) is 0 Å². The van der Waals surface area contributed by atoms with Crippen LogP contribution in [0.25, 0.3) is 0 Å². The first kappa shape index (κ1) is 18.5. The summed E-state index contributed by atoms with van der Waals surface area (Å²) in [5.74, 6) is -0.801. The Balaban J connectivity index is 2.24. The van der Waals surface area contributed by atoms with Gasteiger partial charge in [0.2, 0.25) is 0 Å². The summed E-state index contributed by atoms with van der Waals surface area (Å²) >= 11 is 12.4. The van der Waals surface area contributed by atoms with Crippen LogP contribution in [0, 0.1) is 0 Å². The number of carbonyl (C=O) groups is 1. The van der Waals surface area contributed by atoms with Gasteiger partial charge in [-0.25, -0.2) is 4.79 Å². The molecule has 26 heavy (non-hydrogen) atoms. The van der Waals surface area contributed by atoms with Crippen LogP contribution < -0.4 is 0 Å². The average molecular weight is 389 g/mol. The second-order valence-electron chi connectivity index (χ2n) is 6.00. The van der Waals surface area contributed by atoms with Crippen molar-refractivity contribution >= 4 is 34.9 Å². The molecule has 2 aromatic carbocycles. The molecule has 0 bridgehead atoms. The summed E-state index contributed by atoms with van der Waals surface area (Å²) in [5.41, 5.74) is 3.67. The number of benzene rings is 2. The number of hydrazone groups is 1. The molecule has 1 atom stereocenters. The predicted octanol–water partition coefficient (Wildman–Crippen LogP) is 4.87. The zero-order chi connectivity index (χ0) is 18.8. The topological polar surface area (TPSA) is 41.9 Å². The molecule has 0 N–H and O–H groups in total. The van der Waals surface area contributed by atoms with E-state index in [2.05, 4.69) is 0 Å². The van der Waals surface area contributed by atoms with Crippen molar-refractivity contribution < 1.29 is 9.53 Å². The smallest absolute Gasteiger partial charge is 0.336 e. The standard InChI is InChI=1S/C20H18Cl2N2O2/c1-12-17(20(25)26-3)18(13-6-4-8-15(21)10-13)19(23-24(12)2)14-7-5-9-16(22)11-14/h4-11,18H,1-3H3. The Labute approximate surface area is 162 Å². The van der Waals surface area contributed by atoms with E-state index in [1.54, 1.807) is 24.2 Å². The summed E-state index contributed by atoms with van der Waals surface area (Å²) in [5, 5.41) is 7.59. The molecule has 1 aliphatic rings. The van der Waals surface area contributed by atoms with Crippen LogP contribution in [-0.4, -0.2) is 30.8 Å². The fourth-order valence-corrected chi connectivity index (χ4v) is 3.46. The second kappa shape index (κ2) is 7.52. The third kappa shape index (κ3) is 3.48. The average Bonchev–Trinajstić information content (AvgIpc) is 2.62. The fraction of sp³-hybridized carbons (Fsp3) is 0.200. The molecular formula is C20H18Cl2N2O2. The lowest BCUT2D eigenvalue weighted by Gasteiger charge is -2.32. The zero-order valence-corrected chi connectivity index (χ0v) is 16.2. The van der Waals surface area contributed by atoms with E-state index in [1.165, 1.54) is 7.11 Å². The van der Waals surface area contributed by atoms with Crippen molar-refractivity contribution in [2.24, 2.45) is 5.10 Å². The van der Waals surface area contributed by atoms with Crippen molar-refractivity contribution in [3.63, 3.8) is 0 Å². The van der Waals surface area contributed by atoms with Crippen molar-refractivity contribution in [3.8, 4) is 0 Å². The molecule has 0 amide bonds. The Bertz CT molecular complexity index is 922. The number of nitrogens with zero attached hydrogens (tertiary/aromatic N) is 2. The van der Waals surface area contributed by atoms with Gasteiger partial charge in [0.25, 0.3) is 0 Å². The molecule has 0 radical (unpaired) electrons. The predicted molar refractivity (Wildman–Crippen MR) is 105 cm³/mol. The molecule has 1 aliphatic heterocycles. The van der Waals surface area contributed by atoms with Crippen molar-refractivity contribution in [2.75, 3.05) is 14.2 Å². The highest BCUT2D eigenvalue weighted by atomic mass is 35.5. The molecular weight excluding hydrogens is 371 g/mol. The van der Waals surface area contributed by atoms with Crippen LogP contribution in [0.15, 0.2) is 64.9 Å². The Kier molecular flexibility index (Phi) is 5.35. The minimum Gasteiger partial charge on any atom is -0.466 e. The van der Waals surface area contributed by atoms with Crippen molar-refractivity contribution in [3.05, 3.63) is 81.0 Å². The Morgan fingerprint density at radius 1 is 1.12 bits per heavy atom. The van der Waals surface area contributed by atoms with Gasteiger partial charge in [0.1, 0.15) is 0 Å². The van der Waals surface area contributed by atoms with E-state index in [1.807, 2.05) is 43.3 Å². The van der Waals surface area contributed by atoms with E-state index in [0.717, 1.165) is 16.8 Å². The molecule has 0 aliphatic carbocycles. The highest BCUT2D eigenvalue weighted by molar-refractivity contribution is 6.31. The van der Waals surface area contributed by atoms with Crippen LogP contribution in [-0.2, 0) is 9.53 Å². The lowest BCUT2D eigenvalue weighted by Crippen LogP contribution is -2.32. The maximum absolute atomic E-state index is 12.6. The van der Waals surface area contributed by atoms with Gasteiger partial charge >= 0.3 is 5.97 Å². The van der Waals surface area contributed by atoms with Gasteiger partial charge in [-0.05, 0) is 36.8 Å².